The Morgan fingerprint density at radius 3 is 2.43 bits per heavy atom. The quantitative estimate of drug-likeness (QED) is 0.339. The van der Waals surface area contributed by atoms with E-state index in [-0.39, 0.29) is 9.96 Å². The van der Waals surface area contributed by atoms with Crippen molar-refractivity contribution in [2.24, 2.45) is 5.73 Å². The van der Waals surface area contributed by atoms with Crippen LogP contribution in [0.25, 0.3) is 22.4 Å². The van der Waals surface area contributed by atoms with Gasteiger partial charge in [0.2, 0.25) is 0 Å². The molecule has 2 aromatic carbocycles. The van der Waals surface area contributed by atoms with Gasteiger partial charge in [-0.05, 0) is 29.8 Å². The van der Waals surface area contributed by atoms with E-state index in [4.69, 9.17) is 17.3 Å². The molecule has 1 aromatic heterocycles. The van der Waals surface area contributed by atoms with Crippen molar-refractivity contribution in [2.45, 2.75) is 11.1 Å². The van der Waals surface area contributed by atoms with E-state index in [1.807, 2.05) is 0 Å². The number of benzene rings is 2. The smallest absolute Gasteiger partial charge is 0.340 e. The topological polar surface area (TPSA) is 119 Å². The normalized spacial score (nSPS) is 12.4. The zero-order chi connectivity index (χ0) is 22.1. The van der Waals surface area contributed by atoms with E-state index >= 15 is 0 Å². The molecule has 0 bridgehead atoms. The van der Waals surface area contributed by atoms with Crippen LogP contribution in [0, 0.1) is 0 Å². The fourth-order valence-corrected chi connectivity index (χ4v) is 4.02. The molecular weight excluding hydrogens is 428 g/mol. The molecule has 1 unspecified atom stereocenters. The summed E-state index contributed by atoms with van der Waals surface area (Å²) in [4.78, 5) is 11.5. The molecule has 1 heterocycles. The Labute approximate surface area is 178 Å². The molecule has 1 atom stereocenters. The number of carbonyl (C=O) groups excluding carboxylic acids is 1. The Hall–Kier alpha value is -3.14. The van der Waals surface area contributed by atoms with Gasteiger partial charge in [-0.15, -0.1) is 0 Å². The van der Waals surface area contributed by atoms with Gasteiger partial charge < -0.3 is 5.73 Å². The van der Waals surface area contributed by atoms with Crippen LogP contribution in [0.1, 0.15) is 6.17 Å². The highest BCUT2D eigenvalue weighted by molar-refractivity contribution is 7.90. The molecule has 0 spiro atoms. The molecule has 2 amide bonds. The van der Waals surface area contributed by atoms with Crippen molar-refractivity contribution in [2.75, 3.05) is 6.26 Å². The molecule has 0 aliphatic carbocycles. The third-order valence-corrected chi connectivity index (χ3v) is 5.79. The standard InChI is InChI=1S/C20H19ClN4O4S/c1-3-18(25(27)20(22)26)24-12-16(13-8-10-14(21)11-9-13)19(23-24)15-6-4-5-7-17(15)30(2,28)29/h3-12,18,27H,1H2,2H3,(H2,22,26). The lowest BCUT2D eigenvalue weighted by Gasteiger charge is -2.21. The van der Waals surface area contributed by atoms with E-state index in [2.05, 4.69) is 11.7 Å². The first kappa shape index (κ1) is 21.6. The Morgan fingerprint density at radius 1 is 1.23 bits per heavy atom. The largest absolute Gasteiger partial charge is 0.350 e. The zero-order valence-corrected chi connectivity index (χ0v) is 17.5. The number of rotatable bonds is 6. The molecule has 3 rings (SSSR count). The second-order valence-electron chi connectivity index (χ2n) is 6.48. The maximum Gasteiger partial charge on any atom is 0.340 e. The van der Waals surface area contributed by atoms with Crippen LogP contribution in [0.4, 0.5) is 4.79 Å². The number of sulfone groups is 1. The number of nitrogens with two attached hydrogens (primary N) is 1. The van der Waals surface area contributed by atoms with E-state index in [0.29, 0.717) is 27.4 Å². The first-order valence-corrected chi connectivity index (χ1v) is 10.9. The molecular formula is C20H19ClN4O4S. The predicted molar refractivity (Wildman–Crippen MR) is 114 cm³/mol. The number of aromatic nitrogens is 2. The molecule has 10 heteroatoms. The summed E-state index contributed by atoms with van der Waals surface area (Å²) in [6, 6.07) is 12.2. The molecule has 0 aliphatic heterocycles. The van der Waals surface area contributed by atoms with Gasteiger partial charge >= 0.3 is 6.03 Å². The summed E-state index contributed by atoms with van der Waals surface area (Å²) in [5.74, 6) is 0. The summed E-state index contributed by atoms with van der Waals surface area (Å²) < 4.78 is 25.9. The summed E-state index contributed by atoms with van der Waals surface area (Å²) in [6.07, 6.45) is 2.85. The maximum atomic E-state index is 12.3. The summed E-state index contributed by atoms with van der Waals surface area (Å²) in [5, 5.41) is 15.3. The average Bonchev–Trinajstić information content (AvgIpc) is 3.13. The summed E-state index contributed by atoms with van der Waals surface area (Å²) in [7, 11) is -3.56. The van der Waals surface area contributed by atoms with Crippen molar-refractivity contribution >= 4 is 27.5 Å². The first-order chi connectivity index (χ1) is 14.1. The number of urea groups is 1. The van der Waals surface area contributed by atoms with Gasteiger partial charge in [-0.25, -0.2) is 17.9 Å². The van der Waals surface area contributed by atoms with E-state index in [9.17, 15) is 18.4 Å². The van der Waals surface area contributed by atoms with Gasteiger partial charge in [-0.3, -0.25) is 5.21 Å². The molecule has 0 saturated carbocycles. The van der Waals surface area contributed by atoms with Crippen molar-refractivity contribution in [3.63, 3.8) is 0 Å². The monoisotopic (exact) mass is 446 g/mol. The number of carbonyl (C=O) groups is 1. The van der Waals surface area contributed by atoms with Gasteiger partial charge in [-0.2, -0.15) is 10.2 Å². The molecule has 0 fully saturated rings. The average molecular weight is 447 g/mol. The van der Waals surface area contributed by atoms with E-state index in [1.165, 1.54) is 16.8 Å². The molecule has 0 saturated heterocycles. The number of primary amides is 1. The lowest BCUT2D eigenvalue weighted by Crippen LogP contribution is -2.38. The Balaban J connectivity index is 2.29. The minimum absolute atomic E-state index is 0.0939. The summed E-state index contributed by atoms with van der Waals surface area (Å²) >= 11 is 5.99. The van der Waals surface area contributed by atoms with Crippen LogP contribution < -0.4 is 5.73 Å². The van der Waals surface area contributed by atoms with Gasteiger partial charge in [0.25, 0.3) is 0 Å². The second-order valence-corrected chi connectivity index (χ2v) is 8.90. The van der Waals surface area contributed by atoms with Crippen molar-refractivity contribution in [1.29, 1.82) is 0 Å². The lowest BCUT2D eigenvalue weighted by molar-refractivity contribution is -0.0860. The zero-order valence-electron chi connectivity index (χ0n) is 15.9. The third-order valence-electron chi connectivity index (χ3n) is 4.39. The second kappa shape index (κ2) is 8.31. The minimum Gasteiger partial charge on any atom is -0.350 e. The fraction of sp³-hybridized carbons (Fsp3) is 0.100. The Morgan fingerprint density at radius 2 is 1.87 bits per heavy atom. The van der Waals surface area contributed by atoms with Gasteiger partial charge in [-0.1, -0.05) is 48.5 Å². The summed E-state index contributed by atoms with van der Waals surface area (Å²) in [5.41, 5.74) is 7.14. The number of amides is 2. The third kappa shape index (κ3) is 4.23. The van der Waals surface area contributed by atoms with Crippen LogP contribution >= 0.6 is 11.6 Å². The molecule has 3 aromatic rings. The van der Waals surface area contributed by atoms with E-state index in [1.54, 1.807) is 48.7 Å². The van der Waals surface area contributed by atoms with Gasteiger partial charge in [0.1, 0.15) is 5.69 Å². The Kier molecular flexibility index (Phi) is 5.97. The van der Waals surface area contributed by atoms with Gasteiger partial charge in [0.05, 0.1) is 4.90 Å². The van der Waals surface area contributed by atoms with Crippen LogP contribution in [0.2, 0.25) is 5.02 Å². The van der Waals surface area contributed by atoms with Crippen LogP contribution in [0.5, 0.6) is 0 Å². The van der Waals surface area contributed by atoms with Crippen LogP contribution in [0.3, 0.4) is 0 Å². The highest BCUT2D eigenvalue weighted by Crippen LogP contribution is 2.36. The van der Waals surface area contributed by atoms with E-state index < -0.39 is 22.0 Å². The van der Waals surface area contributed by atoms with Crippen LogP contribution in [0.15, 0.2) is 72.3 Å². The molecule has 30 heavy (non-hydrogen) atoms. The number of halogens is 1. The summed E-state index contributed by atoms with van der Waals surface area (Å²) in [6.45, 7) is 3.61. The lowest BCUT2D eigenvalue weighted by atomic mass is 10.0. The number of hydrogen-bond acceptors (Lipinski definition) is 5. The van der Waals surface area contributed by atoms with Gasteiger partial charge in [0.15, 0.2) is 16.0 Å². The Bertz CT molecular complexity index is 1210. The molecule has 8 nitrogen and oxygen atoms in total. The van der Waals surface area contributed by atoms with Crippen molar-refractivity contribution < 1.29 is 18.4 Å². The SMILES string of the molecule is C=CC(N(O)C(N)=O)n1cc(-c2ccc(Cl)cc2)c(-c2ccccc2S(C)(=O)=O)n1. The van der Waals surface area contributed by atoms with Gasteiger partial charge in [0, 0.05) is 28.6 Å². The highest BCUT2D eigenvalue weighted by Gasteiger charge is 2.25. The predicted octanol–water partition coefficient (Wildman–Crippen LogP) is 3.73. The van der Waals surface area contributed by atoms with Crippen LogP contribution in [-0.2, 0) is 9.84 Å². The van der Waals surface area contributed by atoms with Crippen LogP contribution in [-0.4, -0.2) is 40.8 Å². The highest BCUT2D eigenvalue weighted by atomic mass is 35.5. The number of hydrogen-bond donors (Lipinski definition) is 2. The minimum atomic E-state index is -3.56. The van der Waals surface area contributed by atoms with E-state index in [0.717, 1.165) is 6.26 Å². The van der Waals surface area contributed by atoms with Crippen molar-refractivity contribution in [3.05, 3.63) is 72.4 Å². The molecule has 3 N–H and O–H groups in total. The first-order valence-electron chi connectivity index (χ1n) is 8.68. The number of hydroxylamine groups is 2. The molecule has 0 radical (unpaired) electrons. The molecule has 156 valence electrons. The van der Waals surface area contributed by atoms with Crippen molar-refractivity contribution in [1.82, 2.24) is 14.8 Å². The number of nitrogens with zero attached hydrogens (tertiary/aromatic N) is 3. The van der Waals surface area contributed by atoms with Crippen molar-refractivity contribution in [3.8, 4) is 22.4 Å². The molecule has 0 aliphatic rings. The maximum absolute atomic E-state index is 12.3. The fourth-order valence-electron chi connectivity index (χ4n) is 3.00.